The van der Waals surface area contributed by atoms with Crippen LogP contribution in [0.2, 0.25) is 0 Å². The number of aromatic amines is 1. The number of nitrogens with one attached hydrogen (secondary N) is 1. The van der Waals surface area contributed by atoms with Crippen molar-refractivity contribution in [3.8, 4) is 11.4 Å². The fourth-order valence-corrected chi connectivity index (χ4v) is 5.14. The zero-order chi connectivity index (χ0) is 21.5. The van der Waals surface area contributed by atoms with Gasteiger partial charge in [0.15, 0.2) is 5.82 Å². The molecule has 160 valence electrons. The summed E-state index contributed by atoms with van der Waals surface area (Å²) in [6.07, 6.45) is 5.99. The highest BCUT2D eigenvalue weighted by Gasteiger charge is 2.27. The van der Waals surface area contributed by atoms with E-state index < -0.39 is 11.4 Å². The number of ether oxygens (including phenoxy) is 1. The summed E-state index contributed by atoms with van der Waals surface area (Å²) in [5.74, 6) is -0.0793. The molecule has 0 unspecified atom stereocenters. The molecule has 0 amide bonds. The Bertz CT molecular complexity index is 1130. The number of carbonyl (C=O) groups excluding carboxylic acids is 1. The first-order valence-electron chi connectivity index (χ1n) is 10.3. The van der Waals surface area contributed by atoms with Gasteiger partial charge in [0.25, 0.3) is 0 Å². The van der Waals surface area contributed by atoms with Gasteiger partial charge in [0.1, 0.15) is 12.1 Å². The van der Waals surface area contributed by atoms with Crippen LogP contribution in [-0.4, -0.2) is 26.3 Å². The van der Waals surface area contributed by atoms with Crippen LogP contribution in [-0.2, 0) is 16.1 Å². The molecule has 0 spiro atoms. The SMILES string of the molecule is CC(C)(C)OC(=O)Cn1c(Br)c(C2CCCCC2)c2ccc(-c3noc(=O)[nH]3)cc21. The average molecular weight is 476 g/mol. The number of benzene rings is 1. The lowest BCUT2D eigenvalue weighted by molar-refractivity contribution is -0.155. The van der Waals surface area contributed by atoms with E-state index in [2.05, 4.69) is 30.6 Å². The van der Waals surface area contributed by atoms with Crippen LogP contribution in [0.4, 0.5) is 0 Å². The summed E-state index contributed by atoms with van der Waals surface area (Å²) < 4.78 is 13.1. The number of esters is 1. The minimum absolute atomic E-state index is 0.0971. The number of nitrogens with zero attached hydrogens (tertiary/aromatic N) is 2. The molecule has 7 nitrogen and oxygen atoms in total. The molecule has 0 atom stereocenters. The number of fused-ring (bicyclic) bond motifs is 1. The average Bonchev–Trinajstić information content (AvgIpc) is 3.22. The zero-order valence-corrected chi connectivity index (χ0v) is 19.0. The van der Waals surface area contributed by atoms with E-state index in [4.69, 9.17) is 4.74 Å². The van der Waals surface area contributed by atoms with Crippen LogP contribution in [0.25, 0.3) is 22.3 Å². The van der Waals surface area contributed by atoms with E-state index in [9.17, 15) is 9.59 Å². The van der Waals surface area contributed by atoms with E-state index in [1.807, 2.05) is 43.5 Å². The molecule has 2 aromatic heterocycles. The molecule has 0 radical (unpaired) electrons. The molecule has 1 saturated carbocycles. The lowest BCUT2D eigenvalue weighted by Crippen LogP contribution is -2.26. The maximum Gasteiger partial charge on any atom is 0.439 e. The van der Waals surface area contributed by atoms with Crippen molar-refractivity contribution >= 4 is 32.8 Å². The van der Waals surface area contributed by atoms with E-state index >= 15 is 0 Å². The molecule has 0 aliphatic heterocycles. The van der Waals surface area contributed by atoms with Gasteiger partial charge in [-0.2, -0.15) is 0 Å². The van der Waals surface area contributed by atoms with E-state index in [0.717, 1.165) is 33.9 Å². The Labute approximate surface area is 182 Å². The second-order valence-electron chi connectivity index (χ2n) is 8.89. The molecule has 1 aliphatic rings. The van der Waals surface area contributed by atoms with Crippen LogP contribution in [0, 0.1) is 0 Å². The first-order chi connectivity index (χ1) is 14.2. The first kappa shape index (κ1) is 20.9. The van der Waals surface area contributed by atoms with Crippen molar-refractivity contribution < 1.29 is 14.1 Å². The predicted octanol–water partition coefficient (Wildman–Crippen LogP) is 5.14. The van der Waals surface area contributed by atoms with Gasteiger partial charge in [0, 0.05) is 10.9 Å². The van der Waals surface area contributed by atoms with Gasteiger partial charge in [0.2, 0.25) is 0 Å². The summed E-state index contributed by atoms with van der Waals surface area (Å²) >= 11 is 3.79. The van der Waals surface area contributed by atoms with Crippen LogP contribution in [0.15, 0.2) is 32.1 Å². The third kappa shape index (κ3) is 4.24. The van der Waals surface area contributed by atoms with Crippen molar-refractivity contribution in [1.29, 1.82) is 0 Å². The summed E-state index contributed by atoms with van der Waals surface area (Å²) in [6, 6.07) is 5.90. The smallest absolute Gasteiger partial charge is 0.439 e. The van der Waals surface area contributed by atoms with Crippen molar-refractivity contribution in [3.05, 3.63) is 38.9 Å². The molecule has 0 saturated heterocycles. The topological polar surface area (TPSA) is 90.1 Å². The lowest BCUT2D eigenvalue weighted by Gasteiger charge is -2.22. The highest BCUT2D eigenvalue weighted by Crippen LogP contribution is 2.43. The molecule has 3 aromatic rings. The molecule has 30 heavy (non-hydrogen) atoms. The minimum Gasteiger partial charge on any atom is -0.459 e. The molecule has 1 fully saturated rings. The Hall–Kier alpha value is -2.35. The Morgan fingerprint density at radius 1 is 1.30 bits per heavy atom. The lowest BCUT2D eigenvalue weighted by atomic mass is 9.84. The third-order valence-corrected chi connectivity index (χ3v) is 6.33. The number of carbonyl (C=O) groups is 1. The van der Waals surface area contributed by atoms with Gasteiger partial charge < -0.3 is 9.30 Å². The molecule has 2 heterocycles. The number of hydrogen-bond acceptors (Lipinski definition) is 5. The normalized spacial score (nSPS) is 15.6. The molecule has 8 heteroatoms. The maximum absolute atomic E-state index is 12.6. The van der Waals surface area contributed by atoms with E-state index in [0.29, 0.717) is 11.7 Å². The summed E-state index contributed by atoms with van der Waals surface area (Å²) in [7, 11) is 0. The Morgan fingerprint density at radius 3 is 2.67 bits per heavy atom. The van der Waals surface area contributed by atoms with Gasteiger partial charge >= 0.3 is 11.7 Å². The van der Waals surface area contributed by atoms with E-state index in [1.54, 1.807) is 0 Å². The van der Waals surface area contributed by atoms with Gasteiger partial charge in [-0.1, -0.05) is 36.6 Å². The van der Waals surface area contributed by atoms with E-state index in [-0.39, 0.29) is 12.5 Å². The Balaban J connectivity index is 1.82. The highest BCUT2D eigenvalue weighted by atomic mass is 79.9. The van der Waals surface area contributed by atoms with Crippen molar-refractivity contribution in [2.45, 2.75) is 70.9 Å². The minimum atomic E-state index is -0.599. The molecule has 1 N–H and O–H groups in total. The summed E-state index contributed by atoms with van der Waals surface area (Å²) in [6.45, 7) is 5.68. The van der Waals surface area contributed by atoms with Gasteiger partial charge in [-0.25, -0.2) is 4.79 Å². The van der Waals surface area contributed by atoms with Gasteiger partial charge in [-0.3, -0.25) is 14.3 Å². The van der Waals surface area contributed by atoms with E-state index in [1.165, 1.54) is 24.8 Å². The van der Waals surface area contributed by atoms with Crippen molar-refractivity contribution in [2.24, 2.45) is 0 Å². The van der Waals surface area contributed by atoms with Crippen LogP contribution in [0.1, 0.15) is 64.4 Å². The number of hydrogen-bond donors (Lipinski definition) is 1. The number of rotatable bonds is 4. The number of halogens is 1. The van der Waals surface area contributed by atoms with Gasteiger partial charge in [0.05, 0.1) is 10.1 Å². The Kier molecular flexibility index (Phi) is 5.61. The summed E-state index contributed by atoms with van der Waals surface area (Å²) in [4.78, 5) is 26.6. The monoisotopic (exact) mass is 475 g/mol. The van der Waals surface area contributed by atoms with Crippen LogP contribution in [0.3, 0.4) is 0 Å². The highest BCUT2D eigenvalue weighted by molar-refractivity contribution is 9.10. The van der Waals surface area contributed by atoms with Crippen LogP contribution >= 0.6 is 15.9 Å². The van der Waals surface area contributed by atoms with Gasteiger partial charge in [-0.15, -0.1) is 0 Å². The second kappa shape index (κ2) is 8.06. The summed E-state index contributed by atoms with van der Waals surface area (Å²) in [5.41, 5.74) is 2.31. The molecule has 1 aliphatic carbocycles. The molecule has 0 bridgehead atoms. The molecular formula is C22H26BrN3O4. The maximum atomic E-state index is 12.6. The first-order valence-corrected chi connectivity index (χ1v) is 11.1. The van der Waals surface area contributed by atoms with Crippen molar-refractivity contribution in [2.75, 3.05) is 0 Å². The largest absolute Gasteiger partial charge is 0.459 e. The molecule has 1 aromatic carbocycles. The predicted molar refractivity (Wildman–Crippen MR) is 117 cm³/mol. The zero-order valence-electron chi connectivity index (χ0n) is 17.5. The van der Waals surface area contributed by atoms with Gasteiger partial charge in [-0.05, 0) is 67.1 Å². The standard InChI is InChI=1S/C22H26BrN3O4/c1-22(2,3)29-17(27)12-26-16-11-14(20-24-21(28)30-25-20)9-10-15(16)18(19(26)23)13-7-5-4-6-8-13/h9-11,13H,4-8,12H2,1-3H3,(H,24,25,28). The summed E-state index contributed by atoms with van der Waals surface area (Å²) in [5, 5.41) is 4.90. The second-order valence-corrected chi connectivity index (χ2v) is 9.64. The van der Waals surface area contributed by atoms with Crippen LogP contribution < -0.4 is 5.76 Å². The number of H-pyrrole nitrogens is 1. The van der Waals surface area contributed by atoms with Crippen LogP contribution in [0.5, 0.6) is 0 Å². The molecule has 4 rings (SSSR count). The van der Waals surface area contributed by atoms with Crippen molar-refractivity contribution in [1.82, 2.24) is 14.7 Å². The quantitative estimate of drug-likeness (QED) is 0.527. The molecular weight excluding hydrogens is 450 g/mol. The third-order valence-electron chi connectivity index (χ3n) is 5.47. The Morgan fingerprint density at radius 2 is 2.03 bits per heavy atom. The van der Waals surface area contributed by atoms with Crippen molar-refractivity contribution in [3.63, 3.8) is 0 Å². The fraction of sp³-hybridized carbons (Fsp3) is 0.500. The number of aromatic nitrogens is 3. The fourth-order valence-electron chi connectivity index (χ4n) is 4.28.